The highest BCUT2D eigenvalue weighted by molar-refractivity contribution is 7.86. The average Bonchev–Trinajstić information content (AvgIpc) is 2.98. The Bertz CT molecular complexity index is 695. The van der Waals surface area contributed by atoms with Crippen LogP contribution in [0.3, 0.4) is 0 Å². The molecule has 0 atom stereocenters. The number of hydrogen-bond donors (Lipinski definition) is 1. The minimum Gasteiger partial charge on any atom is -0.354 e. The molecule has 2 aliphatic rings. The summed E-state index contributed by atoms with van der Waals surface area (Å²) in [6, 6.07) is 3.74. The van der Waals surface area contributed by atoms with Crippen LogP contribution in [-0.2, 0) is 16.6 Å². The first-order chi connectivity index (χ1) is 12.0. The lowest BCUT2D eigenvalue weighted by Gasteiger charge is -2.31. The molecule has 1 N–H and O–H groups in total. The Morgan fingerprint density at radius 3 is 2.32 bits per heavy atom. The van der Waals surface area contributed by atoms with Gasteiger partial charge in [0, 0.05) is 45.0 Å². The fourth-order valence-corrected chi connectivity index (χ4v) is 5.25. The molecule has 25 heavy (non-hydrogen) atoms. The minimum absolute atomic E-state index is 0.0445. The third-order valence-electron chi connectivity index (χ3n) is 5.07. The Balaban J connectivity index is 1.64. The molecule has 0 bridgehead atoms. The van der Waals surface area contributed by atoms with Gasteiger partial charge in [-0.15, -0.1) is 0 Å². The monoisotopic (exact) mass is 368 g/mol. The van der Waals surface area contributed by atoms with Crippen LogP contribution in [0.2, 0.25) is 0 Å². The highest BCUT2D eigenvalue weighted by Crippen LogP contribution is 2.18. The van der Waals surface area contributed by atoms with Gasteiger partial charge in [-0.25, -0.2) is 0 Å². The first-order valence-electron chi connectivity index (χ1n) is 9.24. The smallest absolute Gasteiger partial charge is 0.282 e. The van der Waals surface area contributed by atoms with Crippen LogP contribution in [0.1, 0.15) is 48.8 Å². The summed E-state index contributed by atoms with van der Waals surface area (Å²) in [5.74, 6) is -0.0445. The zero-order valence-corrected chi connectivity index (χ0v) is 15.7. The number of H-pyrrole nitrogens is 1. The molecule has 2 fully saturated rings. The fraction of sp³-hybridized carbons (Fsp3) is 0.706. The van der Waals surface area contributed by atoms with Gasteiger partial charge in [0.2, 0.25) is 0 Å². The van der Waals surface area contributed by atoms with Crippen molar-refractivity contribution in [3.8, 4) is 0 Å². The summed E-state index contributed by atoms with van der Waals surface area (Å²) in [5, 5.41) is 0. The normalized spacial score (nSPS) is 21.2. The first kappa shape index (κ1) is 18.4. The van der Waals surface area contributed by atoms with E-state index in [1.165, 1.54) is 0 Å². The van der Waals surface area contributed by atoms with Crippen molar-refractivity contribution in [1.29, 1.82) is 0 Å². The number of amides is 1. The molecule has 0 unspecified atom stereocenters. The van der Waals surface area contributed by atoms with Gasteiger partial charge in [0.15, 0.2) is 0 Å². The molecule has 2 saturated heterocycles. The van der Waals surface area contributed by atoms with Gasteiger partial charge in [-0.3, -0.25) is 4.79 Å². The maximum Gasteiger partial charge on any atom is 0.282 e. The van der Waals surface area contributed by atoms with Crippen molar-refractivity contribution in [1.82, 2.24) is 18.5 Å². The van der Waals surface area contributed by atoms with Gasteiger partial charge in [0.05, 0.1) is 0 Å². The summed E-state index contributed by atoms with van der Waals surface area (Å²) in [7, 11) is -3.40. The van der Waals surface area contributed by atoms with E-state index in [0.29, 0.717) is 51.4 Å². The molecule has 1 amide bonds. The maximum absolute atomic E-state index is 12.8. The number of rotatable bonds is 4. The minimum atomic E-state index is -3.40. The van der Waals surface area contributed by atoms with Gasteiger partial charge in [-0.05, 0) is 37.8 Å². The fourth-order valence-electron chi connectivity index (χ4n) is 3.53. The topological polar surface area (TPSA) is 76.7 Å². The van der Waals surface area contributed by atoms with E-state index >= 15 is 0 Å². The van der Waals surface area contributed by atoms with E-state index in [2.05, 4.69) is 4.98 Å². The van der Waals surface area contributed by atoms with Crippen LogP contribution in [0.25, 0.3) is 0 Å². The lowest BCUT2D eigenvalue weighted by atomic mass is 10.2. The molecule has 0 aliphatic carbocycles. The molecule has 0 spiro atoms. The zero-order valence-electron chi connectivity index (χ0n) is 14.9. The Hall–Kier alpha value is -1.38. The van der Waals surface area contributed by atoms with E-state index in [1.807, 2.05) is 19.1 Å². The number of nitrogens with one attached hydrogen (secondary N) is 1. The van der Waals surface area contributed by atoms with Gasteiger partial charge < -0.3 is 9.88 Å². The Labute approximate surface area is 150 Å². The Morgan fingerprint density at radius 1 is 0.960 bits per heavy atom. The molecule has 0 aromatic carbocycles. The number of piperidine rings is 1. The van der Waals surface area contributed by atoms with Gasteiger partial charge in [-0.2, -0.15) is 17.0 Å². The van der Waals surface area contributed by atoms with Crippen LogP contribution in [0.15, 0.2) is 12.1 Å². The molecule has 3 rings (SSSR count). The highest BCUT2D eigenvalue weighted by atomic mass is 32.2. The molecule has 0 saturated carbocycles. The summed E-state index contributed by atoms with van der Waals surface area (Å²) >= 11 is 0. The number of aromatic nitrogens is 1. The van der Waals surface area contributed by atoms with Crippen LogP contribution >= 0.6 is 0 Å². The van der Waals surface area contributed by atoms with Gasteiger partial charge >= 0.3 is 0 Å². The summed E-state index contributed by atoms with van der Waals surface area (Å²) < 4.78 is 28.8. The molecule has 0 radical (unpaired) electrons. The molecule has 1 aromatic rings. The summed E-state index contributed by atoms with van der Waals surface area (Å²) in [6.45, 7) is 5.14. The number of hydrogen-bond acceptors (Lipinski definition) is 3. The van der Waals surface area contributed by atoms with Crippen molar-refractivity contribution < 1.29 is 13.2 Å². The maximum atomic E-state index is 12.8. The molecular formula is C17H28N4O3S. The predicted octanol–water partition coefficient (Wildman–Crippen LogP) is 1.46. The second-order valence-corrected chi connectivity index (χ2v) is 8.69. The number of aromatic amines is 1. The first-order valence-corrected chi connectivity index (χ1v) is 10.6. The van der Waals surface area contributed by atoms with Crippen molar-refractivity contribution >= 4 is 16.1 Å². The van der Waals surface area contributed by atoms with Crippen molar-refractivity contribution in [2.45, 2.75) is 39.0 Å². The van der Waals surface area contributed by atoms with E-state index in [1.54, 1.807) is 13.5 Å². The van der Waals surface area contributed by atoms with E-state index in [0.717, 1.165) is 31.4 Å². The SMILES string of the molecule is CCc1ccc(C(=O)N2CCCN(S(=O)(=O)N3CCCCC3)CC2)[nH]1. The summed E-state index contributed by atoms with van der Waals surface area (Å²) in [6.07, 6.45) is 4.49. The molecule has 1 aromatic heterocycles. The average molecular weight is 369 g/mol. The van der Waals surface area contributed by atoms with Gasteiger partial charge in [0.25, 0.3) is 16.1 Å². The molecule has 2 aliphatic heterocycles. The second-order valence-electron chi connectivity index (χ2n) is 6.76. The van der Waals surface area contributed by atoms with Crippen LogP contribution in [0, 0.1) is 0 Å². The van der Waals surface area contributed by atoms with E-state index in [4.69, 9.17) is 0 Å². The van der Waals surface area contributed by atoms with Gasteiger partial charge in [0.1, 0.15) is 5.69 Å². The second kappa shape index (κ2) is 7.88. The molecule has 140 valence electrons. The third kappa shape index (κ3) is 4.07. The summed E-state index contributed by atoms with van der Waals surface area (Å²) in [4.78, 5) is 17.6. The Morgan fingerprint density at radius 2 is 1.64 bits per heavy atom. The number of carbonyl (C=O) groups is 1. The van der Waals surface area contributed by atoms with Crippen molar-refractivity contribution in [3.63, 3.8) is 0 Å². The van der Waals surface area contributed by atoms with Crippen LogP contribution in [0.4, 0.5) is 0 Å². The zero-order chi connectivity index (χ0) is 17.9. The Kier molecular flexibility index (Phi) is 5.81. The van der Waals surface area contributed by atoms with Crippen LogP contribution in [0.5, 0.6) is 0 Å². The molecule has 7 nitrogen and oxygen atoms in total. The van der Waals surface area contributed by atoms with Crippen molar-refractivity contribution in [3.05, 3.63) is 23.5 Å². The lowest BCUT2D eigenvalue weighted by molar-refractivity contribution is 0.0758. The number of carbonyl (C=O) groups excluding carboxylic acids is 1. The number of aryl methyl sites for hydroxylation is 1. The largest absolute Gasteiger partial charge is 0.354 e. The van der Waals surface area contributed by atoms with Crippen LogP contribution in [-0.4, -0.2) is 72.1 Å². The van der Waals surface area contributed by atoms with Crippen molar-refractivity contribution in [2.24, 2.45) is 0 Å². The predicted molar refractivity (Wildman–Crippen MR) is 96.6 cm³/mol. The molecular weight excluding hydrogens is 340 g/mol. The molecule has 8 heteroatoms. The lowest BCUT2D eigenvalue weighted by Crippen LogP contribution is -2.47. The van der Waals surface area contributed by atoms with E-state index in [-0.39, 0.29) is 5.91 Å². The van der Waals surface area contributed by atoms with Crippen molar-refractivity contribution in [2.75, 3.05) is 39.3 Å². The quantitative estimate of drug-likeness (QED) is 0.874. The summed E-state index contributed by atoms with van der Waals surface area (Å²) in [5.41, 5.74) is 1.62. The molecule has 3 heterocycles. The van der Waals surface area contributed by atoms with Gasteiger partial charge in [-0.1, -0.05) is 13.3 Å². The standard InChI is InChI=1S/C17H28N4O3S/c1-2-15-7-8-16(18-15)17(22)19-9-6-12-21(14-13-19)25(23,24)20-10-4-3-5-11-20/h7-8,18H,2-6,9-14H2,1H3. The number of nitrogens with zero attached hydrogens (tertiary/aromatic N) is 3. The van der Waals surface area contributed by atoms with Crippen LogP contribution < -0.4 is 0 Å². The highest BCUT2D eigenvalue weighted by Gasteiger charge is 2.32. The van der Waals surface area contributed by atoms with E-state index in [9.17, 15) is 13.2 Å². The van der Waals surface area contributed by atoms with E-state index < -0.39 is 10.2 Å². The third-order valence-corrected chi connectivity index (χ3v) is 7.10.